The lowest BCUT2D eigenvalue weighted by Gasteiger charge is -2.15. The normalized spacial score (nSPS) is 11.3. The average Bonchev–Trinajstić information content (AvgIpc) is 2.50. The molecule has 116 valence electrons. The molecule has 6 N–H and O–H groups in total. The predicted molar refractivity (Wildman–Crippen MR) is 92.6 cm³/mol. The van der Waals surface area contributed by atoms with Crippen LogP contribution in [-0.2, 0) is 0 Å². The Morgan fingerprint density at radius 2 is 1.86 bits per heavy atom. The Balaban J connectivity index is 2.24. The van der Waals surface area contributed by atoms with E-state index < -0.39 is 0 Å². The lowest BCUT2D eigenvalue weighted by atomic mass is 10.1. The molecule has 0 fully saturated rings. The highest BCUT2D eigenvalue weighted by Crippen LogP contribution is 2.22. The van der Waals surface area contributed by atoms with Crippen molar-refractivity contribution in [2.24, 2.45) is 16.7 Å². The van der Waals surface area contributed by atoms with Gasteiger partial charge in [-0.25, -0.2) is 11.0 Å². The zero-order valence-electron chi connectivity index (χ0n) is 11.9. The van der Waals surface area contributed by atoms with Gasteiger partial charge in [0.05, 0.1) is 13.2 Å². The summed E-state index contributed by atoms with van der Waals surface area (Å²) in [6.45, 7) is 0.120. The monoisotopic (exact) mass is 363 g/mol. The average molecular weight is 364 g/mol. The number of hydrazone groups is 1. The van der Waals surface area contributed by atoms with Crippen molar-refractivity contribution in [1.29, 1.82) is 0 Å². The van der Waals surface area contributed by atoms with Crippen LogP contribution in [-0.4, -0.2) is 29.2 Å². The molecule has 0 aliphatic rings. The molecule has 7 heteroatoms. The van der Waals surface area contributed by atoms with E-state index >= 15 is 0 Å². The molecule has 0 saturated carbocycles. The smallest absolute Gasteiger partial charge is 0.154 e. The molecule has 0 amide bonds. The molecule has 0 atom stereocenters. The third-order valence-corrected chi connectivity index (χ3v) is 3.42. The maximum atomic E-state index is 8.84. The van der Waals surface area contributed by atoms with Gasteiger partial charge in [-0.05, 0) is 36.4 Å². The lowest BCUT2D eigenvalue weighted by Crippen LogP contribution is -2.32. The molecule has 0 spiro atoms. The number of nitrogens with one attached hydrogen (secondary N) is 1. The number of hydrazine groups is 1. The number of benzene rings is 2. The number of para-hydroxylation sites is 1. The van der Waals surface area contributed by atoms with E-state index in [1.807, 2.05) is 48.5 Å². The van der Waals surface area contributed by atoms with Crippen molar-refractivity contribution in [3.8, 4) is 0 Å². The van der Waals surface area contributed by atoms with E-state index in [4.69, 9.17) is 16.7 Å². The first-order chi connectivity index (χ1) is 10.6. The van der Waals surface area contributed by atoms with Crippen LogP contribution in [0, 0.1) is 0 Å². The summed E-state index contributed by atoms with van der Waals surface area (Å²) in [5, 5.41) is 17.3. The van der Waals surface area contributed by atoms with Crippen LogP contribution in [0.25, 0.3) is 0 Å². The van der Waals surface area contributed by atoms with Crippen LogP contribution in [0.3, 0.4) is 0 Å². The maximum Gasteiger partial charge on any atom is 0.154 e. The van der Waals surface area contributed by atoms with E-state index in [2.05, 4.69) is 26.3 Å². The van der Waals surface area contributed by atoms with E-state index in [1.54, 1.807) is 0 Å². The molecule has 22 heavy (non-hydrogen) atoms. The molecule has 0 saturated heterocycles. The minimum absolute atomic E-state index is 0.0912. The second kappa shape index (κ2) is 7.79. The quantitative estimate of drug-likeness (QED) is 0.272. The highest BCUT2D eigenvalue weighted by Gasteiger charge is 2.07. The van der Waals surface area contributed by atoms with Gasteiger partial charge in [0, 0.05) is 21.4 Å². The standard InChI is InChI=1S/C15H18BrN5O/c16-11-5-7-12(8-6-11)19-14-4-2-1-3-13(14)15(17)20-21(18)9-10-22/h1-8,19,22H,9-10,18H2,(H2,17,20). The van der Waals surface area contributed by atoms with E-state index in [-0.39, 0.29) is 19.0 Å². The number of amidine groups is 1. The van der Waals surface area contributed by atoms with Crippen LogP contribution < -0.4 is 16.9 Å². The predicted octanol–water partition coefficient (Wildman–Crippen LogP) is 1.98. The number of nitrogens with zero attached hydrogens (tertiary/aromatic N) is 2. The van der Waals surface area contributed by atoms with Gasteiger partial charge in [-0.3, -0.25) is 0 Å². The molecule has 0 aliphatic carbocycles. The summed E-state index contributed by atoms with van der Waals surface area (Å²) in [5.41, 5.74) is 8.50. The number of aliphatic hydroxyl groups is 1. The van der Waals surface area contributed by atoms with Crippen molar-refractivity contribution < 1.29 is 5.11 Å². The number of hydrogen-bond donors (Lipinski definition) is 4. The van der Waals surface area contributed by atoms with Gasteiger partial charge in [-0.15, -0.1) is 5.10 Å². The van der Waals surface area contributed by atoms with Crippen LogP contribution in [0.4, 0.5) is 11.4 Å². The van der Waals surface area contributed by atoms with Crippen LogP contribution >= 0.6 is 15.9 Å². The summed E-state index contributed by atoms with van der Waals surface area (Å²) in [6, 6.07) is 15.4. The molecule has 6 nitrogen and oxygen atoms in total. The highest BCUT2D eigenvalue weighted by molar-refractivity contribution is 9.10. The van der Waals surface area contributed by atoms with Crippen molar-refractivity contribution >= 4 is 33.1 Å². The van der Waals surface area contributed by atoms with Gasteiger partial charge in [-0.2, -0.15) is 0 Å². The largest absolute Gasteiger partial charge is 0.394 e. The molecule has 0 radical (unpaired) electrons. The molecule has 2 aromatic rings. The van der Waals surface area contributed by atoms with Crippen molar-refractivity contribution in [1.82, 2.24) is 5.12 Å². The van der Waals surface area contributed by atoms with Gasteiger partial charge in [0.15, 0.2) is 5.84 Å². The van der Waals surface area contributed by atoms with Crippen molar-refractivity contribution in [2.45, 2.75) is 0 Å². The second-order valence-corrected chi connectivity index (χ2v) is 5.47. The molecular formula is C15H18BrN5O. The molecular weight excluding hydrogens is 346 g/mol. The van der Waals surface area contributed by atoms with E-state index in [0.717, 1.165) is 26.5 Å². The fourth-order valence-electron chi connectivity index (χ4n) is 1.85. The second-order valence-electron chi connectivity index (χ2n) is 4.55. The third kappa shape index (κ3) is 4.45. The molecule has 0 unspecified atom stereocenters. The molecule has 0 aliphatic heterocycles. The first-order valence-electron chi connectivity index (χ1n) is 6.69. The first kappa shape index (κ1) is 16.3. The fourth-order valence-corrected chi connectivity index (χ4v) is 2.11. The van der Waals surface area contributed by atoms with Gasteiger partial charge in [0.1, 0.15) is 0 Å². The molecule has 0 bridgehead atoms. The Kier molecular flexibility index (Phi) is 5.76. The molecule has 0 heterocycles. The lowest BCUT2D eigenvalue weighted by molar-refractivity contribution is 0.204. The van der Waals surface area contributed by atoms with Crippen molar-refractivity contribution in [3.05, 3.63) is 58.6 Å². The number of nitrogens with two attached hydrogens (primary N) is 2. The summed E-state index contributed by atoms with van der Waals surface area (Å²) in [5.74, 6) is 5.90. The summed E-state index contributed by atoms with van der Waals surface area (Å²) >= 11 is 3.40. The Morgan fingerprint density at radius 3 is 2.55 bits per heavy atom. The minimum Gasteiger partial charge on any atom is -0.394 e. The van der Waals surface area contributed by atoms with Gasteiger partial charge in [0.25, 0.3) is 0 Å². The maximum absolute atomic E-state index is 8.84. The Labute approximate surface area is 137 Å². The van der Waals surface area contributed by atoms with E-state index in [1.165, 1.54) is 0 Å². The van der Waals surface area contributed by atoms with Crippen LogP contribution in [0.15, 0.2) is 58.1 Å². The number of rotatable bonds is 6. The van der Waals surface area contributed by atoms with Gasteiger partial charge in [0.2, 0.25) is 0 Å². The Hall–Kier alpha value is -2.09. The van der Waals surface area contributed by atoms with Crippen LogP contribution in [0.1, 0.15) is 5.56 Å². The van der Waals surface area contributed by atoms with Crippen LogP contribution in [0.5, 0.6) is 0 Å². The summed E-state index contributed by atoms with van der Waals surface area (Å²) in [7, 11) is 0. The number of halogens is 1. The van der Waals surface area contributed by atoms with E-state index in [0.29, 0.717) is 0 Å². The third-order valence-electron chi connectivity index (χ3n) is 2.89. The zero-order chi connectivity index (χ0) is 15.9. The highest BCUT2D eigenvalue weighted by atomic mass is 79.9. The molecule has 0 aromatic heterocycles. The summed E-state index contributed by atoms with van der Waals surface area (Å²) in [6.07, 6.45) is 0. The molecule has 2 rings (SSSR count). The zero-order valence-corrected chi connectivity index (χ0v) is 13.5. The first-order valence-corrected chi connectivity index (χ1v) is 7.48. The number of hydrogen-bond acceptors (Lipinski definition) is 5. The van der Waals surface area contributed by atoms with Crippen LogP contribution in [0.2, 0.25) is 0 Å². The van der Waals surface area contributed by atoms with Gasteiger partial charge < -0.3 is 16.2 Å². The number of anilines is 2. The fraction of sp³-hybridized carbons (Fsp3) is 0.133. The minimum atomic E-state index is -0.0912. The Morgan fingerprint density at radius 1 is 1.18 bits per heavy atom. The van der Waals surface area contributed by atoms with Gasteiger partial charge >= 0.3 is 0 Å². The van der Waals surface area contributed by atoms with Crippen molar-refractivity contribution in [2.75, 3.05) is 18.5 Å². The van der Waals surface area contributed by atoms with E-state index in [9.17, 15) is 0 Å². The summed E-state index contributed by atoms with van der Waals surface area (Å²) < 4.78 is 1.01. The Bertz CT molecular complexity index is 645. The van der Waals surface area contributed by atoms with Gasteiger partial charge in [-0.1, -0.05) is 28.1 Å². The SMILES string of the molecule is N/C(=N\N(N)CCO)c1ccccc1Nc1ccc(Br)cc1. The van der Waals surface area contributed by atoms with Crippen molar-refractivity contribution in [3.63, 3.8) is 0 Å². The summed E-state index contributed by atoms with van der Waals surface area (Å²) in [4.78, 5) is 0. The number of aliphatic hydroxyl groups excluding tert-OH is 1. The molecule has 2 aromatic carbocycles. The topological polar surface area (TPSA) is 99.9 Å².